The van der Waals surface area contributed by atoms with E-state index in [1.54, 1.807) is 32.9 Å². The number of nitro groups is 1. The zero-order valence-electron chi connectivity index (χ0n) is 28.4. The van der Waals surface area contributed by atoms with Gasteiger partial charge < -0.3 is 34.9 Å². The van der Waals surface area contributed by atoms with Crippen molar-refractivity contribution in [1.82, 2.24) is 5.32 Å². The van der Waals surface area contributed by atoms with Crippen LogP contribution in [0.1, 0.15) is 68.4 Å². The van der Waals surface area contributed by atoms with Crippen LogP contribution in [0.2, 0.25) is 0 Å². The van der Waals surface area contributed by atoms with Crippen LogP contribution in [0.4, 0.5) is 17.1 Å². The molecule has 14 heteroatoms. The van der Waals surface area contributed by atoms with Crippen LogP contribution in [-0.4, -0.2) is 71.4 Å². The highest BCUT2D eigenvalue weighted by Gasteiger charge is 2.37. The van der Waals surface area contributed by atoms with E-state index >= 15 is 0 Å². The van der Waals surface area contributed by atoms with Crippen LogP contribution in [0.25, 0.3) is 0 Å². The van der Waals surface area contributed by atoms with Crippen molar-refractivity contribution < 1.29 is 43.5 Å². The first kappa shape index (κ1) is 38.3. The van der Waals surface area contributed by atoms with Gasteiger partial charge in [-0.25, -0.2) is 0 Å². The van der Waals surface area contributed by atoms with Gasteiger partial charge in [-0.3, -0.25) is 29.3 Å². The van der Waals surface area contributed by atoms with Crippen molar-refractivity contribution >= 4 is 46.5 Å². The number of carbonyl (C=O) groups is 5. The highest BCUT2D eigenvalue weighted by atomic mass is 16.6. The SMILES string of the molecule is C=CCOC(=O)C[C@H](C(=O)N[C@@H](C)C(=O)Nc1ccc2c(c1)N(C(=O)c1cc(C)c(OCCCC(C)=O)cc1[N+](=O)[O-])[C@H](CO)C2)C(C)C. The van der Waals surface area contributed by atoms with Crippen LogP contribution in [0, 0.1) is 28.9 Å². The van der Waals surface area contributed by atoms with Crippen molar-refractivity contribution in [2.24, 2.45) is 11.8 Å². The summed E-state index contributed by atoms with van der Waals surface area (Å²) in [4.78, 5) is 76.1. The van der Waals surface area contributed by atoms with Gasteiger partial charge in [0, 0.05) is 17.8 Å². The Hall–Kier alpha value is -5.11. The summed E-state index contributed by atoms with van der Waals surface area (Å²) in [5, 5.41) is 27.6. The maximum Gasteiger partial charge on any atom is 0.306 e. The monoisotopic (exact) mass is 680 g/mol. The Kier molecular flexibility index (Phi) is 13.6. The van der Waals surface area contributed by atoms with Crippen LogP contribution in [-0.2, 0) is 30.3 Å². The predicted octanol–water partition coefficient (Wildman–Crippen LogP) is 4.05. The molecule has 0 radical (unpaired) electrons. The maximum absolute atomic E-state index is 14.0. The summed E-state index contributed by atoms with van der Waals surface area (Å²) in [6.45, 7) is 11.4. The van der Waals surface area contributed by atoms with Crippen LogP contribution in [0.15, 0.2) is 43.0 Å². The van der Waals surface area contributed by atoms with E-state index in [9.17, 15) is 39.2 Å². The van der Waals surface area contributed by atoms with Gasteiger partial charge in [0.1, 0.15) is 29.7 Å². The lowest BCUT2D eigenvalue weighted by Gasteiger charge is -2.25. The summed E-state index contributed by atoms with van der Waals surface area (Å²) < 4.78 is 10.7. The fraction of sp³-hybridized carbons (Fsp3) is 0.457. The molecule has 3 atom stereocenters. The fourth-order valence-corrected chi connectivity index (χ4v) is 5.45. The van der Waals surface area contributed by atoms with Crippen molar-refractivity contribution in [2.75, 3.05) is 30.0 Å². The number of anilines is 2. The summed E-state index contributed by atoms with van der Waals surface area (Å²) in [6, 6.07) is 5.67. The number of fused-ring (bicyclic) bond motifs is 1. The molecule has 0 spiro atoms. The number of Topliss-reactive ketones (excluding diaryl/α,β-unsaturated/α-hetero) is 1. The van der Waals surface area contributed by atoms with Crippen LogP contribution in [0.3, 0.4) is 0 Å². The van der Waals surface area contributed by atoms with E-state index in [1.807, 2.05) is 0 Å². The Morgan fingerprint density at radius 3 is 2.47 bits per heavy atom. The average molecular weight is 681 g/mol. The number of aliphatic hydroxyl groups excluding tert-OH is 1. The number of amides is 3. The zero-order valence-corrected chi connectivity index (χ0v) is 28.4. The standard InChI is InChI=1S/C35H44N4O10/c1-7-12-49-32(42)17-27(20(2)3)34(44)36-23(6)33(43)37-25-11-10-24-15-26(19-40)38(29(24)16-25)35(45)28-14-21(4)31(18-30(28)39(46)47)48-13-8-9-22(5)41/h7,10-11,14,16,18,20,23,26-27,40H,1,8-9,12-13,15,17,19H2,2-6H3,(H,36,44)(H,37,43)/t23-,26-,27-/m0/s1. The lowest BCUT2D eigenvalue weighted by atomic mass is 9.91. The van der Waals surface area contributed by atoms with E-state index in [4.69, 9.17) is 9.47 Å². The van der Waals surface area contributed by atoms with Crippen molar-refractivity contribution in [3.8, 4) is 5.75 Å². The molecule has 0 aromatic heterocycles. The smallest absolute Gasteiger partial charge is 0.306 e. The summed E-state index contributed by atoms with van der Waals surface area (Å²) in [6.07, 6.45) is 2.26. The molecule has 14 nitrogen and oxygen atoms in total. The Bertz CT molecular complexity index is 1600. The molecule has 0 fully saturated rings. The van der Waals surface area contributed by atoms with Gasteiger partial charge in [-0.1, -0.05) is 32.6 Å². The summed E-state index contributed by atoms with van der Waals surface area (Å²) >= 11 is 0. The topological polar surface area (TPSA) is 194 Å². The van der Waals surface area contributed by atoms with Crippen molar-refractivity contribution in [2.45, 2.75) is 72.4 Å². The molecule has 3 rings (SSSR count). The van der Waals surface area contributed by atoms with E-state index in [-0.39, 0.29) is 54.8 Å². The number of hydrogen-bond donors (Lipinski definition) is 3. The van der Waals surface area contributed by atoms with Gasteiger partial charge in [0.2, 0.25) is 11.8 Å². The van der Waals surface area contributed by atoms with Crippen molar-refractivity contribution in [3.05, 3.63) is 69.8 Å². The number of carbonyl (C=O) groups excluding carboxylic acids is 5. The number of rotatable bonds is 17. The summed E-state index contributed by atoms with van der Waals surface area (Å²) in [5.41, 5.74) is 1.11. The molecular weight excluding hydrogens is 636 g/mol. The minimum Gasteiger partial charge on any atom is -0.493 e. The first-order valence-electron chi connectivity index (χ1n) is 16.0. The number of nitro benzene ring substituents is 1. The highest BCUT2D eigenvalue weighted by molar-refractivity contribution is 6.11. The molecule has 1 heterocycles. The number of aliphatic hydroxyl groups is 1. The van der Waals surface area contributed by atoms with E-state index in [0.717, 1.165) is 0 Å². The number of benzene rings is 2. The second kappa shape index (κ2) is 17.3. The van der Waals surface area contributed by atoms with Crippen molar-refractivity contribution in [3.63, 3.8) is 0 Å². The largest absolute Gasteiger partial charge is 0.493 e. The number of nitrogens with one attached hydrogen (secondary N) is 2. The normalized spacial score (nSPS) is 14.8. The van der Waals surface area contributed by atoms with Crippen LogP contribution >= 0.6 is 0 Å². The molecule has 1 aliphatic rings. The quantitative estimate of drug-likeness (QED) is 0.0721. The Morgan fingerprint density at radius 1 is 1.14 bits per heavy atom. The van der Waals surface area contributed by atoms with Gasteiger partial charge in [-0.2, -0.15) is 0 Å². The minimum absolute atomic E-state index is 0.00365. The van der Waals surface area contributed by atoms with Gasteiger partial charge in [0.15, 0.2) is 0 Å². The molecule has 0 saturated carbocycles. The number of aryl methyl sites for hydroxylation is 1. The molecular formula is C35H44N4O10. The first-order valence-corrected chi connectivity index (χ1v) is 16.0. The third-order valence-corrected chi connectivity index (χ3v) is 8.16. The summed E-state index contributed by atoms with van der Waals surface area (Å²) in [7, 11) is 0. The number of ketones is 1. The summed E-state index contributed by atoms with van der Waals surface area (Å²) in [5.74, 6) is -3.07. The molecule has 264 valence electrons. The second-order valence-corrected chi connectivity index (χ2v) is 12.4. The lowest BCUT2D eigenvalue weighted by molar-refractivity contribution is -0.385. The number of hydrogen-bond acceptors (Lipinski definition) is 10. The number of nitrogens with zero attached hydrogens (tertiary/aromatic N) is 2. The fourth-order valence-electron chi connectivity index (χ4n) is 5.45. The van der Waals surface area contributed by atoms with Crippen molar-refractivity contribution in [1.29, 1.82) is 0 Å². The van der Waals surface area contributed by atoms with Gasteiger partial charge >= 0.3 is 5.97 Å². The predicted molar refractivity (Wildman–Crippen MR) is 181 cm³/mol. The van der Waals surface area contributed by atoms with E-state index in [2.05, 4.69) is 17.2 Å². The maximum atomic E-state index is 14.0. The molecule has 49 heavy (non-hydrogen) atoms. The van der Waals surface area contributed by atoms with E-state index in [1.165, 1.54) is 43.0 Å². The van der Waals surface area contributed by atoms with Crippen LogP contribution in [0.5, 0.6) is 5.75 Å². The third kappa shape index (κ3) is 9.95. The lowest BCUT2D eigenvalue weighted by Crippen LogP contribution is -2.45. The Labute approximate surface area is 285 Å². The molecule has 0 bridgehead atoms. The molecule has 0 unspecified atom stereocenters. The Morgan fingerprint density at radius 2 is 1.86 bits per heavy atom. The minimum atomic E-state index is -0.997. The highest BCUT2D eigenvalue weighted by Crippen LogP contribution is 2.38. The number of esters is 1. The van der Waals surface area contributed by atoms with Gasteiger partial charge in [0.25, 0.3) is 11.6 Å². The zero-order chi connectivity index (χ0) is 36.4. The van der Waals surface area contributed by atoms with Crippen LogP contribution < -0.4 is 20.3 Å². The van der Waals surface area contributed by atoms with Gasteiger partial charge in [-0.05, 0) is 68.9 Å². The average Bonchev–Trinajstić information content (AvgIpc) is 3.42. The molecule has 3 amide bonds. The third-order valence-electron chi connectivity index (χ3n) is 8.16. The van der Waals surface area contributed by atoms with Gasteiger partial charge in [0.05, 0.1) is 42.6 Å². The van der Waals surface area contributed by atoms with E-state index < -0.39 is 58.9 Å². The number of ether oxygens (including phenoxy) is 2. The molecule has 2 aromatic rings. The first-order chi connectivity index (χ1) is 23.2. The molecule has 0 saturated heterocycles. The molecule has 1 aliphatic heterocycles. The second-order valence-electron chi connectivity index (χ2n) is 12.4. The van der Waals surface area contributed by atoms with E-state index in [0.29, 0.717) is 29.7 Å². The molecule has 2 aromatic carbocycles. The Balaban J connectivity index is 1.81. The molecule has 0 aliphatic carbocycles. The molecule has 3 N–H and O–H groups in total. The van der Waals surface area contributed by atoms with Gasteiger partial charge in [-0.15, -0.1) is 0 Å².